The predicted octanol–water partition coefficient (Wildman–Crippen LogP) is -0.350. The number of aromatic nitrogens is 6. The Morgan fingerprint density at radius 1 is 1.14 bits per heavy atom. The van der Waals surface area contributed by atoms with Gasteiger partial charge in [0.2, 0.25) is 5.95 Å². The van der Waals surface area contributed by atoms with Gasteiger partial charge in [0.1, 0.15) is 6.33 Å². The third-order valence-electron chi connectivity index (χ3n) is 1.83. The van der Waals surface area contributed by atoms with Crippen LogP contribution < -0.4 is 5.73 Å². The number of nitrogens with two attached hydrogens (primary N) is 1. The molecule has 3 heterocycles. The van der Waals surface area contributed by atoms with Crippen LogP contribution in [0.1, 0.15) is 0 Å². The maximum atomic E-state index is 5.46. The molecule has 0 atom stereocenters. The van der Waals surface area contributed by atoms with E-state index in [0.717, 1.165) is 0 Å². The minimum atomic E-state index is 0.199. The average molecular weight is 187 g/mol. The first-order valence-electron chi connectivity index (χ1n) is 3.92. The monoisotopic (exact) mass is 187 g/mol. The molecule has 0 saturated heterocycles. The van der Waals surface area contributed by atoms with Gasteiger partial charge in [0, 0.05) is 12.4 Å². The summed E-state index contributed by atoms with van der Waals surface area (Å²) in [6, 6.07) is 0. The van der Waals surface area contributed by atoms with Gasteiger partial charge in [-0.1, -0.05) is 0 Å². The van der Waals surface area contributed by atoms with Gasteiger partial charge >= 0.3 is 0 Å². The molecule has 7 nitrogen and oxygen atoms in total. The third-order valence-corrected chi connectivity index (χ3v) is 1.83. The van der Waals surface area contributed by atoms with Crippen LogP contribution in [-0.2, 0) is 0 Å². The molecule has 3 aromatic heterocycles. The van der Waals surface area contributed by atoms with Crippen LogP contribution in [0.5, 0.6) is 0 Å². The average Bonchev–Trinajstić information content (AvgIpc) is 2.59. The SMILES string of the molecule is Nc1nc2c3nccnc3ncn2n1. The lowest BCUT2D eigenvalue weighted by Crippen LogP contribution is -1.94. The summed E-state index contributed by atoms with van der Waals surface area (Å²) < 4.78 is 1.48. The van der Waals surface area contributed by atoms with E-state index in [1.165, 1.54) is 10.8 Å². The lowest BCUT2D eigenvalue weighted by molar-refractivity contribution is 0.932. The number of hydrogen-bond acceptors (Lipinski definition) is 6. The third kappa shape index (κ3) is 0.830. The summed E-state index contributed by atoms with van der Waals surface area (Å²) in [5, 5.41) is 3.92. The van der Waals surface area contributed by atoms with Crippen molar-refractivity contribution in [2.24, 2.45) is 0 Å². The van der Waals surface area contributed by atoms with Crippen molar-refractivity contribution in [2.45, 2.75) is 0 Å². The standard InChI is InChI=1S/C7H5N7/c8-7-12-6-4-5(10-2-1-9-4)11-3-14(6)13-7/h1-3H,(H2,8,13). The minimum absolute atomic E-state index is 0.199. The normalized spacial score (nSPS) is 11.1. The van der Waals surface area contributed by atoms with E-state index >= 15 is 0 Å². The van der Waals surface area contributed by atoms with E-state index < -0.39 is 0 Å². The van der Waals surface area contributed by atoms with Gasteiger partial charge in [0.25, 0.3) is 0 Å². The smallest absolute Gasteiger partial charge is 0.240 e. The Balaban J connectivity index is 2.60. The lowest BCUT2D eigenvalue weighted by Gasteiger charge is -1.94. The van der Waals surface area contributed by atoms with E-state index in [1.54, 1.807) is 12.4 Å². The molecule has 14 heavy (non-hydrogen) atoms. The van der Waals surface area contributed by atoms with Gasteiger partial charge in [-0.05, 0) is 0 Å². The van der Waals surface area contributed by atoms with Crippen LogP contribution in [0.25, 0.3) is 16.8 Å². The van der Waals surface area contributed by atoms with Gasteiger partial charge in [-0.3, -0.25) is 0 Å². The van der Waals surface area contributed by atoms with Gasteiger partial charge in [-0.25, -0.2) is 15.0 Å². The van der Waals surface area contributed by atoms with Crippen LogP contribution in [0, 0.1) is 0 Å². The predicted molar refractivity (Wildman–Crippen MR) is 48.3 cm³/mol. The zero-order chi connectivity index (χ0) is 9.54. The molecule has 0 fully saturated rings. The molecule has 3 rings (SSSR count). The molecule has 0 unspecified atom stereocenters. The van der Waals surface area contributed by atoms with E-state index in [-0.39, 0.29) is 5.95 Å². The van der Waals surface area contributed by atoms with Crippen molar-refractivity contribution in [1.29, 1.82) is 0 Å². The van der Waals surface area contributed by atoms with Crippen LogP contribution >= 0.6 is 0 Å². The fourth-order valence-corrected chi connectivity index (χ4v) is 1.27. The highest BCUT2D eigenvalue weighted by Crippen LogP contribution is 2.11. The van der Waals surface area contributed by atoms with Gasteiger partial charge in [-0.2, -0.15) is 9.50 Å². The van der Waals surface area contributed by atoms with E-state index in [1.807, 2.05) is 0 Å². The van der Waals surface area contributed by atoms with E-state index in [2.05, 4.69) is 25.0 Å². The topological polar surface area (TPSA) is 94.9 Å². The number of hydrogen-bond donors (Lipinski definition) is 1. The summed E-state index contributed by atoms with van der Waals surface area (Å²) in [4.78, 5) is 16.2. The number of fused-ring (bicyclic) bond motifs is 3. The minimum Gasteiger partial charge on any atom is -0.366 e. The molecule has 0 spiro atoms. The first-order chi connectivity index (χ1) is 6.84. The van der Waals surface area contributed by atoms with Crippen molar-refractivity contribution < 1.29 is 0 Å². The summed E-state index contributed by atoms with van der Waals surface area (Å²) >= 11 is 0. The summed E-state index contributed by atoms with van der Waals surface area (Å²) in [7, 11) is 0. The van der Waals surface area contributed by atoms with Crippen LogP contribution in [0.2, 0.25) is 0 Å². The van der Waals surface area contributed by atoms with E-state index in [9.17, 15) is 0 Å². The molecular formula is C7H5N7. The first-order valence-corrected chi connectivity index (χ1v) is 3.92. The zero-order valence-corrected chi connectivity index (χ0v) is 6.99. The molecule has 0 saturated carbocycles. The van der Waals surface area contributed by atoms with E-state index in [4.69, 9.17) is 5.73 Å². The second-order valence-corrected chi connectivity index (χ2v) is 2.71. The second-order valence-electron chi connectivity index (χ2n) is 2.71. The molecule has 68 valence electrons. The number of anilines is 1. The highest BCUT2D eigenvalue weighted by molar-refractivity contribution is 5.84. The zero-order valence-electron chi connectivity index (χ0n) is 6.99. The van der Waals surface area contributed by atoms with Gasteiger partial charge in [-0.15, -0.1) is 5.10 Å². The molecule has 0 radical (unpaired) electrons. The molecule has 3 aromatic rings. The van der Waals surface area contributed by atoms with Crippen molar-refractivity contribution in [3.8, 4) is 0 Å². The molecule has 0 aliphatic rings. The Morgan fingerprint density at radius 3 is 2.93 bits per heavy atom. The highest BCUT2D eigenvalue weighted by atomic mass is 15.3. The number of rotatable bonds is 0. The molecule has 0 aliphatic carbocycles. The van der Waals surface area contributed by atoms with E-state index in [0.29, 0.717) is 16.8 Å². The van der Waals surface area contributed by atoms with Crippen molar-refractivity contribution >= 4 is 22.8 Å². The molecule has 0 amide bonds. The van der Waals surface area contributed by atoms with Crippen LogP contribution in [0.15, 0.2) is 18.7 Å². The molecule has 0 aliphatic heterocycles. The Hall–Kier alpha value is -2.31. The highest BCUT2D eigenvalue weighted by Gasteiger charge is 2.06. The van der Waals surface area contributed by atoms with Crippen molar-refractivity contribution in [1.82, 2.24) is 29.5 Å². The molecule has 7 heteroatoms. The van der Waals surface area contributed by atoms with Gasteiger partial charge in [0.15, 0.2) is 16.8 Å². The first kappa shape index (κ1) is 7.13. The Bertz CT molecular complexity index is 614. The maximum absolute atomic E-state index is 5.46. The summed E-state index contributed by atoms with van der Waals surface area (Å²) in [5.41, 5.74) is 7.16. The van der Waals surface area contributed by atoms with Gasteiger partial charge in [0.05, 0.1) is 0 Å². The molecule has 0 bridgehead atoms. The molecular weight excluding hydrogens is 182 g/mol. The quantitative estimate of drug-likeness (QED) is 0.516. The Morgan fingerprint density at radius 2 is 2.00 bits per heavy atom. The summed E-state index contributed by atoms with van der Waals surface area (Å²) in [6.07, 6.45) is 4.66. The maximum Gasteiger partial charge on any atom is 0.240 e. The lowest BCUT2D eigenvalue weighted by atomic mass is 10.5. The second kappa shape index (κ2) is 2.34. The van der Waals surface area contributed by atoms with Crippen LogP contribution in [-0.4, -0.2) is 29.5 Å². The summed E-state index contributed by atoms with van der Waals surface area (Å²) in [6.45, 7) is 0. The van der Waals surface area contributed by atoms with Crippen LogP contribution in [0.3, 0.4) is 0 Å². The van der Waals surface area contributed by atoms with Crippen LogP contribution in [0.4, 0.5) is 5.95 Å². The van der Waals surface area contributed by atoms with Crippen molar-refractivity contribution in [3.05, 3.63) is 18.7 Å². The fraction of sp³-hybridized carbons (Fsp3) is 0. The molecule has 0 aromatic carbocycles. The Labute approximate surface area is 77.6 Å². The Kier molecular flexibility index (Phi) is 1.19. The number of nitrogens with zero attached hydrogens (tertiary/aromatic N) is 6. The fourth-order valence-electron chi connectivity index (χ4n) is 1.27. The van der Waals surface area contributed by atoms with Crippen molar-refractivity contribution in [3.63, 3.8) is 0 Å². The summed E-state index contributed by atoms with van der Waals surface area (Å²) in [5.74, 6) is 0.199. The van der Waals surface area contributed by atoms with Crippen molar-refractivity contribution in [2.75, 3.05) is 5.73 Å². The van der Waals surface area contributed by atoms with Gasteiger partial charge < -0.3 is 5.73 Å². The number of nitrogen functional groups attached to an aromatic ring is 1. The largest absolute Gasteiger partial charge is 0.366 e. The molecule has 2 N–H and O–H groups in total.